The molecule has 1 fully saturated rings. The third kappa shape index (κ3) is 1.10. The van der Waals surface area contributed by atoms with E-state index in [0.29, 0.717) is 6.42 Å². The van der Waals surface area contributed by atoms with Gasteiger partial charge in [-0.15, -0.1) is 0 Å². The Bertz CT molecular complexity index is 151. The lowest BCUT2D eigenvalue weighted by atomic mass is 10.0. The van der Waals surface area contributed by atoms with E-state index >= 15 is 0 Å². The Hall–Kier alpha value is -1.06. The predicted molar refractivity (Wildman–Crippen MR) is 34.7 cm³/mol. The standard InChI is InChI=1S/C6H10N2O2/c1-2-3-4-5(9)7-8-6(4)10/h4H,2-3H2,1H3,(H,7,9)(H,8,10). The third-order valence-corrected chi connectivity index (χ3v) is 1.52. The highest BCUT2D eigenvalue weighted by Crippen LogP contribution is 2.09. The second-order valence-electron chi connectivity index (χ2n) is 2.32. The Morgan fingerprint density at radius 3 is 2.20 bits per heavy atom. The van der Waals surface area contributed by atoms with Crippen molar-refractivity contribution in [1.82, 2.24) is 10.9 Å². The molecule has 0 aromatic carbocycles. The van der Waals surface area contributed by atoms with Crippen LogP contribution >= 0.6 is 0 Å². The average Bonchev–Trinajstić information content (AvgIpc) is 2.20. The van der Waals surface area contributed by atoms with E-state index in [0.717, 1.165) is 6.42 Å². The van der Waals surface area contributed by atoms with Crippen molar-refractivity contribution in [3.05, 3.63) is 0 Å². The molecule has 0 aromatic rings. The van der Waals surface area contributed by atoms with Gasteiger partial charge in [-0.3, -0.25) is 20.4 Å². The first-order chi connectivity index (χ1) is 4.75. The van der Waals surface area contributed by atoms with Crippen molar-refractivity contribution in [1.29, 1.82) is 0 Å². The summed E-state index contributed by atoms with van der Waals surface area (Å²) in [7, 11) is 0. The minimum absolute atomic E-state index is 0.202. The first-order valence-corrected chi connectivity index (χ1v) is 3.35. The van der Waals surface area contributed by atoms with Crippen LogP contribution in [0.3, 0.4) is 0 Å². The fraction of sp³-hybridized carbons (Fsp3) is 0.667. The molecule has 10 heavy (non-hydrogen) atoms. The van der Waals surface area contributed by atoms with Crippen molar-refractivity contribution < 1.29 is 9.59 Å². The van der Waals surface area contributed by atoms with Crippen molar-refractivity contribution in [3.63, 3.8) is 0 Å². The summed E-state index contributed by atoms with van der Waals surface area (Å²) in [6, 6.07) is 0. The maximum Gasteiger partial charge on any atom is 0.251 e. The van der Waals surface area contributed by atoms with Gasteiger partial charge in [0.05, 0.1) is 0 Å². The summed E-state index contributed by atoms with van der Waals surface area (Å²) in [6.07, 6.45) is 1.49. The number of hydrogen-bond donors (Lipinski definition) is 2. The number of hydrogen-bond acceptors (Lipinski definition) is 2. The van der Waals surface area contributed by atoms with Crippen LogP contribution in [-0.2, 0) is 9.59 Å². The quantitative estimate of drug-likeness (QED) is 0.514. The van der Waals surface area contributed by atoms with E-state index in [4.69, 9.17) is 0 Å². The zero-order chi connectivity index (χ0) is 7.56. The lowest BCUT2D eigenvalue weighted by molar-refractivity contribution is -0.128. The molecule has 4 heteroatoms. The topological polar surface area (TPSA) is 58.2 Å². The SMILES string of the molecule is CCCC1C(=O)NNC1=O. The monoisotopic (exact) mass is 142 g/mol. The number of amides is 2. The molecular weight excluding hydrogens is 132 g/mol. The van der Waals surface area contributed by atoms with E-state index in [-0.39, 0.29) is 11.8 Å². The first kappa shape index (κ1) is 7.05. The van der Waals surface area contributed by atoms with Crippen LogP contribution in [0, 0.1) is 5.92 Å². The van der Waals surface area contributed by atoms with E-state index in [1.54, 1.807) is 0 Å². The molecule has 0 aliphatic carbocycles. The second-order valence-corrected chi connectivity index (χ2v) is 2.32. The molecule has 2 amide bonds. The predicted octanol–water partition coefficient (Wildman–Crippen LogP) is -0.436. The molecule has 1 heterocycles. The minimum Gasteiger partial charge on any atom is -0.272 e. The lowest BCUT2D eigenvalue weighted by Crippen LogP contribution is -2.28. The summed E-state index contributed by atoms with van der Waals surface area (Å²) in [5, 5.41) is 0. The number of hydrazine groups is 1. The van der Waals surface area contributed by atoms with Gasteiger partial charge in [0.2, 0.25) is 0 Å². The normalized spacial score (nSPS) is 18.9. The third-order valence-electron chi connectivity index (χ3n) is 1.52. The molecule has 0 spiro atoms. The summed E-state index contributed by atoms with van der Waals surface area (Å²) in [5.74, 6) is -0.858. The summed E-state index contributed by atoms with van der Waals surface area (Å²) < 4.78 is 0. The van der Waals surface area contributed by atoms with Crippen molar-refractivity contribution >= 4 is 11.8 Å². The molecule has 0 saturated carbocycles. The van der Waals surface area contributed by atoms with Gasteiger partial charge in [-0.1, -0.05) is 13.3 Å². The highest BCUT2D eigenvalue weighted by molar-refractivity contribution is 6.05. The van der Waals surface area contributed by atoms with Crippen LogP contribution in [-0.4, -0.2) is 11.8 Å². The van der Waals surface area contributed by atoms with Gasteiger partial charge >= 0.3 is 0 Å². The van der Waals surface area contributed by atoms with Gasteiger partial charge < -0.3 is 0 Å². The Morgan fingerprint density at radius 2 is 1.80 bits per heavy atom. The molecule has 0 radical (unpaired) electrons. The fourth-order valence-electron chi connectivity index (χ4n) is 0.967. The molecule has 0 unspecified atom stereocenters. The Morgan fingerprint density at radius 1 is 1.30 bits per heavy atom. The highest BCUT2D eigenvalue weighted by Gasteiger charge is 2.31. The fourth-order valence-corrected chi connectivity index (χ4v) is 0.967. The molecule has 4 nitrogen and oxygen atoms in total. The van der Waals surface area contributed by atoms with Crippen LogP contribution < -0.4 is 10.9 Å². The Kier molecular flexibility index (Phi) is 1.89. The van der Waals surface area contributed by atoms with Crippen LogP contribution in [0.4, 0.5) is 0 Å². The molecule has 56 valence electrons. The van der Waals surface area contributed by atoms with Crippen LogP contribution in [0.15, 0.2) is 0 Å². The van der Waals surface area contributed by atoms with E-state index in [2.05, 4.69) is 10.9 Å². The van der Waals surface area contributed by atoms with Gasteiger partial charge in [0.25, 0.3) is 11.8 Å². The molecule has 1 saturated heterocycles. The van der Waals surface area contributed by atoms with E-state index in [9.17, 15) is 9.59 Å². The molecule has 1 rings (SSSR count). The van der Waals surface area contributed by atoms with E-state index in [1.165, 1.54) is 0 Å². The zero-order valence-corrected chi connectivity index (χ0v) is 5.81. The van der Waals surface area contributed by atoms with E-state index < -0.39 is 5.92 Å². The molecular formula is C6H10N2O2. The van der Waals surface area contributed by atoms with Gasteiger partial charge in [0, 0.05) is 0 Å². The Labute approximate surface area is 59.0 Å². The zero-order valence-electron chi connectivity index (χ0n) is 5.81. The number of carbonyl (C=O) groups excluding carboxylic acids is 2. The largest absolute Gasteiger partial charge is 0.272 e. The number of nitrogens with one attached hydrogen (secondary N) is 2. The van der Waals surface area contributed by atoms with Crippen LogP contribution in [0.1, 0.15) is 19.8 Å². The molecule has 0 atom stereocenters. The van der Waals surface area contributed by atoms with Crippen molar-refractivity contribution in [3.8, 4) is 0 Å². The number of carbonyl (C=O) groups is 2. The smallest absolute Gasteiger partial charge is 0.251 e. The second kappa shape index (κ2) is 2.68. The van der Waals surface area contributed by atoms with Crippen LogP contribution in [0.2, 0.25) is 0 Å². The maximum absolute atomic E-state index is 10.8. The Balaban J connectivity index is 2.54. The first-order valence-electron chi connectivity index (χ1n) is 3.35. The summed E-state index contributed by atoms with van der Waals surface area (Å²) in [6.45, 7) is 1.94. The molecule has 0 aromatic heterocycles. The molecule has 0 bridgehead atoms. The summed E-state index contributed by atoms with van der Waals surface area (Å²) in [4.78, 5) is 21.6. The summed E-state index contributed by atoms with van der Waals surface area (Å²) >= 11 is 0. The molecule has 2 N–H and O–H groups in total. The van der Waals surface area contributed by atoms with Crippen LogP contribution in [0.5, 0.6) is 0 Å². The van der Waals surface area contributed by atoms with Gasteiger partial charge in [-0.25, -0.2) is 0 Å². The molecule has 1 aliphatic heterocycles. The minimum atomic E-state index is -0.454. The number of rotatable bonds is 2. The van der Waals surface area contributed by atoms with Crippen molar-refractivity contribution in [2.45, 2.75) is 19.8 Å². The lowest BCUT2D eigenvalue weighted by Gasteiger charge is -1.97. The van der Waals surface area contributed by atoms with Gasteiger partial charge in [0.15, 0.2) is 0 Å². The van der Waals surface area contributed by atoms with Gasteiger partial charge in [-0.2, -0.15) is 0 Å². The van der Waals surface area contributed by atoms with Crippen LogP contribution in [0.25, 0.3) is 0 Å². The molecule has 1 aliphatic rings. The van der Waals surface area contributed by atoms with Crippen molar-refractivity contribution in [2.24, 2.45) is 5.92 Å². The highest BCUT2D eigenvalue weighted by atomic mass is 16.2. The average molecular weight is 142 g/mol. The van der Waals surface area contributed by atoms with Crippen molar-refractivity contribution in [2.75, 3.05) is 0 Å². The van der Waals surface area contributed by atoms with E-state index in [1.807, 2.05) is 6.92 Å². The summed E-state index contributed by atoms with van der Waals surface area (Å²) in [5.41, 5.74) is 4.53. The maximum atomic E-state index is 10.8. The van der Waals surface area contributed by atoms with Gasteiger partial charge in [0.1, 0.15) is 5.92 Å². The van der Waals surface area contributed by atoms with Gasteiger partial charge in [-0.05, 0) is 6.42 Å².